The molecule has 2 aromatic rings. The van der Waals surface area contributed by atoms with Gasteiger partial charge < -0.3 is 4.74 Å². The van der Waals surface area contributed by atoms with E-state index in [1.807, 2.05) is 20.0 Å². The molecule has 0 bridgehead atoms. The van der Waals surface area contributed by atoms with Crippen molar-refractivity contribution in [2.45, 2.75) is 33.7 Å². The Morgan fingerprint density at radius 3 is 2.95 bits per heavy atom. The van der Waals surface area contributed by atoms with Gasteiger partial charge in [0.15, 0.2) is 0 Å². The number of fused-ring (bicyclic) bond motifs is 1. The van der Waals surface area contributed by atoms with E-state index < -0.39 is 5.41 Å². The molecule has 2 aromatic heterocycles. The van der Waals surface area contributed by atoms with Crippen LogP contribution in [-0.4, -0.2) is 45.4 Å². The van der Waals surface area contributed by atoms with Crippen LogP contribution in [0.25, 0.3) is 5.78 Å². The number of carbonyl (C=O) groups excluding carboxylic acids is 1. The minimum atomic E-state index is -0.404. The molecule has 0 amide bonds. The van der Waals surface area contributed by atoms with E-state index in [2.05, 4.69) is 32.3 Å². The molecule has 0 aliphatic carbocycles. The molecule has 0 saturated carbocycles. The standard InChI is InChI=1S/C16H22N4O2/c1-11-7-12(2)20-13(8-17-15(20)18-11)9-19-6-5-16(3,10-19)14(21)22-4/h7-8H,5-6,9-10H2,1-4H3/t16-/m1/s1. The highest BCUT2D eigenvalue weighted by Crippen LogP contribution is 2.32. The zero-order valence-electron chi connectivity index (χ0n) is 13.6. The fraction of sp³-hybridized carbons (Fsp3) is 0.562. The molecule has 22 heavy (non-hydrogen) atoms. The molecular formula is C16H22N4O2. The lowest BCUT2D eigenvalue weighted by Crippen LogP contribution is -2.32. The number of carbonyl (C=O) groups is 1. The number of ether oxygens (including phenoxy) is 1. The second-order valence-corrected chi connectivity index (χ2v) is 6.44. The first-order valence-corrected chi connectivity index (χ1v) is 7.54. The molecule has 3 heterocycles. The number of likely N-dealkylation sites (tertiary alicyclic amines) is 1. The maximum Gasteiger partial charge on any atom is 0.312 e. The molecule has 0 N–H and O–H groups in total. The molecule has 1 aliphatic heterocycles. The maximum absolute atomic E-state index is 11.9. The number of nitrogens with zero attached hydrogens (tertiary/aromatic N) is 4. The first-order chi connectivity index (χ1) is 10.4. The summed E-state index contributed by atoms with van der Waals surface area (Å²) in [5, 5.41) is 0. The fourth-order valence-electron chi connectivity index (χ4n) is 3.34. The van der Waals surface area contributed by atoms with Crippen LogP contribution < -0.4 is 0 Å². The third-order valence-electron chi connectivity index (χ3n) is 4.48. The minimum Gasteiger partial charge on any atom is -0.469 e. The Kier molecular flexibility index (Phi) is 3.64. The van der Waals surface area contributed by atoms with Crippen LogP contribution in [0.4, 0.5) is 0 Å². The first kappa shape index (κ1) is 15.0. The van der Waals surface area contributed by atoms with Gasteiger partial charge >= 0.3 is 5.97 Å². The second-order valence-electron chi connectivity index (χ2n) is 6.44. The Morgan fingerprint density at radius 2 is 2.23 bits per heavy atom. The van der Waals surface area contributed by atoms with E-state index in [1.54, 1.807) is 0 Å². The summed E-state index contributed by atoms with van der Waals surface area (Å²) < 4.78 is 7.01. The number of esters is 1. The van der Waals surface area contributed by atoms with E-state index in [1.165, 1.54) is 7.11 Å². The van der Waals surface area contributed by atoms with E-state index in [4.69, 9.17) is 4.74 Å². The van der Waals surface area contributed by atoms with E-state index in [0.717, 1.165) is 42.4 Å². The van der Waals surface area contributed by atoms with Gasteiger partial charge in [-0.25, -0.2) is 9.97 Å². The summed E-state index contributed by atoms with van der Waals surface area (Å²) in [5.74, 6) is 0.615. The Balaban J connectivity index is 1.82. The molecule has 0 radical (unpaired) electrons. The summed E-state index contributed by atoms with van der Waals surface area (Å²) in [6, 6.07) is 2.06. The van der Waals surface area contributed by atoms with Crippen molar-refractivity contribution < 1.29 is 9.53 Å². The SMILES string of the molecule is COC(=O)[C@]1(C)CCN(Cc2cnc3nc(C)cc(C)n23)C1. The highest BCUT2D eigenvalue weighted by atomic mass is 16.5. The summed E-state index contributed by atoms with van der Waals surface area (Å²) in [6.45, 7) is 8.38. The van der Waals surface area contributed by atoms with Crippen LogP contribution in [0.15, 0.2) is 12.3 Å². The molecule has 6 nitrogen and oxygen atoms in total. The highest BCUT2D eigenvalue weighted by molar-refractivity contribution is 5.77. The van der Waals surface area contributed by atoms with Gasteiger partial charge in [-0.15, -0.1) is 0 Å². The number of hydrogen-bond acceptors (Lipinski definition) is 5. The molecule has 1 saturated heterocycles. The van der Waals surface area contributed by atoms with Crippen LogP contribution in [0.3, 0.4) is 0 Å². The zero-order chi connectivity index (χ0) is 15.9. The third kappa shape index (κ3) is 2.47. The molecule has 3 rings (SSSR count). The third-order valence-corrected chi connectivity index (χ3v) is 4.48. The van der Waals surface area contributed by atoms with Gasteiger partial charge in [-0.2, -0.15) is 0 Å². The van der Waals surface area contributed by atoms with Gasteiger partial charge in [0, 0.05) is 24.5 Å². The summed E-state index contributed by atoms with van der Waals surface area (Å²) >= 11 is 0. The molecule has 0 aromatic carbocycles. The highest BCUT2D eigenvalue weighted by Gasteiger charge is 2.41. The number of imidazole rings is 1. The number of methoxy groups -OCH3 is 1. The number of hydrogen-bond donors (Lipinski definition) is 0. The number of rotatable bonds is 3. The van der Waals surface area contributed by atoms with Crippen molar-refractivity contribution in [1.29, 1.82) is 0 Å². The molecule has 0 spiro atoms. The first-order valence-electron chi connectivity index (χ1n) is 7.54. The summed E-state index contributed by atoms with van der Waals surface area (Å²) in [5.41, 5.74) is 2.81. The van der Waals surface area contributed by atoms with Crippen LogP contribution in [-0.2, 0) is 16.1 Å². The zero-order valence-corrected chi connectivity index (χ0v) is 13.6. The molecule has 6 heteroatoms. The van der Waals surface area contributed by atoms with Crippen molar-refractivity contribution in [3.8, 4) is 0 Å². The normalized spacial score (nSPS) is 22.4. The second kappa shape index (κ2) is 5.35. The number of aryl methyl sites for hydroxylation is 2. The smallest absolute Gasteiger partial charge is 0.312 e. The Morgan fingerprint density at radius 1 is 1.45 bits per heavy atom. The van der Waals surface area contributed by atoms with Crippen molar-refractivity contribution >= 4 is 11.7 Å². The topological polar surface area (TPSA) is 59.7 Å². The van der Waals surface area contributed by atoms with Crippen LogP contribution in [0.5, 0.6) is 0 Å². The van der Waals surface area contributed by atoms with Gasteiger partial charge in [-0.3, -0.25) is 14.1 Å². The van der Waals surface area contributed by atoms with Gasteiger partial charge in [0.1, 0.15) is 0 Å². The molecule has 1 atom stereocenters. The predicted molar refractivity (Wildman–Crippen MR) is 82.5 cm³/mol. The molecule has 1 fully saturated rings. The van der Waals surface area contributed by atoms with Crippen LogP contribution in [0.2, 0.25) is 0 Å². The van der Waals surface area contributed by atoms with E-state index in [0.29, 0.717) is 6.54 Å². The number of aromatic nitrogens is 3. The summed E-state index contributed by atoms with van der Waals surface area (Å²) in [4.78, 5) is 23.1. The summed E-state index contributed by atoms with van der Waals surface area (Å²) in [6.07, 6.45) is 2.70. The van der Waals surface area contributed by atoms with Crippen molar-refractivity contribution in [2.75, 3.05) is 20.2 Å². The monoisotopic (exact) mass is 302 g/mol. The van der Waals surface area contributed by atoms with Crippen molar-refractivity contribution in [1.82, 2.24) is 19.3 Å². The molecular weight excluding hydrogens is 280 g/mol. The van der Waals surface area contributed by atoms with Gasteiger partial charge in [0.2, 0.25) is 5.78 Å². The summed E-state index contributed by atoms with van der Waals surface area (Å²) in [7, 11) is 1.46. The molecule has 118 valence electrons. The Labute approximate surface area is 130 Å². The largest absolute Gasteiger partial charge is 0.469 e. The van der Waals surface area contributed by atoms with Crippen molar-refractivity contribution in [2.24, 2.45) is 5.41 Å². The quantitative estimate of drug-likeness (QED) is 0.808. The van der Waals surface area contributed by atoms with Crippen LogP contribution in [0.1, 0.15) is 30.4 Å². The maximum atomic E-state index is 11.9. The van der Waals surface area contributed by atoms with E-state index >= 15 is 0 Å². The van der Waals surface area contributed by atoms with Gasteiger partial charge in [-0.1, -0.05) is 0 Å². The Bertz CT molecular complexity index is 724. The molecule has 1 aliphatic rings. The Hall–Kier alpha value is -1.95. The van der Waals surface area contributed by atoms with Crippen molar-refractivity contribution in [3.05, 3.63) is 29.3 Å². The predicted octanol–water partition coefficient (Wildman–Crippen LogP) is 1.73. The van der Waals surface area contributed by atoms with Crippen LogP contribution >= 0.6 is 0 Å². The average Bonchev–Trinajstić information content (AvgIpc) is 3.03. The lowest BCUT2D eigenvalue weighted by molar-refractivity contribution is -0.151. The van der Waals surface area contributed by atoms with E-state index in [-0.39, 0.29) is 5.97 Å². The van der Waals surface area contributed by atoms with Crippen LogP contribution in [0, 0.1) is 19.3 Å². The minimum absolute atomic E-state index is 0.124. The van der Waals surface area contributed by atoms with Crippen molar-refractivity contribution in [3.63, 3.8) is 0 Å². The lowest BCUT2D eigenvalue weighted by atomic mass is 9.90. The van der Waals surface area contributed by atoms with E-state index in [9.17, 15) is 4.79 Å². The van der Waals surface area contributed by atoms with Gasteiger partial charge in [-0.05, 0) is 39.8 Å². The fourth-order valence-corrected chi connectivity index (χ4v) is 3.34. The van der Waals surface area contributed by atoms with Gasteiger partial charge in [0.05, 0.1) is 24.4 Å². The van der Waals surface area contributed by atoms with Gasteiger partial charge in [0.25, 0.3) is 0 Å². The average molecular weight is 302 g/mol. The molecule has 0 unspecified atom stereocenters. The lowest BCUT2D eigenvalue weighted by Gasteiger charge is -2.21.